The molecular weight excluding hydrogens is 182 g/mol. The number of hydrogen-bond acceptors (Lipinski definition) is 1. The lowest BCUT2D eigenvalue weighted by atomic mass is 9.92. The zero-order valence-corrected chi connectivity index (χ0v) is 9.16. The molecule has 1 nitrogen and oxygen atoms in total. The number of aryl methyl sites for hydroxylation is 1. The lowest BCUT2D eigenvalue weighted by molar-refractivity contribution is 0.537. The molecule has 2 N–H and O–H groups in total. The van der Waals surface area contributed by atoms with Gasteiger partial charge in [0.05, 0.1) is 0 Å². The highest BCUT2D eigenvalue weighted by atomic mass is 14.7. The minimum Gasteiger partial charge on any atom is -0.326 e. The van der Waals surface area contributed by atoms with Gasteiger partial charge in [0.25, 0.3) is 0 Å². The standard InChI is InChI=1S/C14H17N/c1-2-3-8-14(15)13-10-9-11-6-4-5-7-12(11)13/h4-7,13-14H,8-10,15H2,1H3. The summed E-state index contributed by atoms with van der Waals surface area (Å²) >= 11 is 0. The normalized spacial score (nSPS) is 20.3. The fourth-order valence-electron chi connectivity index (χ4n) is 2.40. The molecule has 0 radical (unpaired) electrons. The van der Waals surface area contributed by atoms with Crippen molar-refractivity contribution in [2.75, 3.05) is 0 Å². The second-order valence-corrected chi connectivity index (χ2v) is 4.14. The van der Waals surface area contributed by atoms with Gasteiger partial charge in [0.1, 0.15) is 0 Å². The van der Waals surface area contributed by atoms with Crippen LogP contribution >= 0.6 is 0 Å². The maximum Gasteiger partial charge on any atom is 0.0247 e. The maximum atomic E-state index is 6.18. The average Bonchev–Trinajstić information content (AvgIpc) is 2.69. The van der Waals surface area contributed by atoms with E-state index in [0.717, 1.165) is 6.42 Å². The highest BCUT2D eigenvalue weighted by Gasteiger charge is 2.26. The number of rotatable bonds is 2. The Morgan fingerprint density at radius 1 is 1.47 bits per heavy atom. The third-order valence-corrected chi connectivity index (χ3v) is 3.21. The van der Waals surface area contributed by atoms with E-state index in [4.69, 9.17) is 5.73 Å². The first-order chi connectivity index (χ1) is 7.33. The van der Waals surface area contributed by atoms with Gasteiger partial charge in [0.15, 0.2) is 0 Å². The van der Waals surface area contributed by atoms with Gasteiger partial charge in [-0.1, -0.05) is 24.3 Å². The van der Waals surface area contributed by atoms with Gasteiger partial charge in [-0.2, -0.15) is 0 Å². The number of fused-ring (bicyclic) bond motifs is 1. The molecule has 1 aromatic rings. The van der Waals surface area contributed by atoms with Crippen LogP contribution in [0.3, 0.4) is 0 Å². The Morgan fingerprint density at radius 2 is 2.27 bits per heavy atom. The summed E-state index contributed by atoms with van der Waals surface area (Å²) in [4.78, 5) is 0. The van der Waals surface area contributed by atoms with Crippen LogP contribution < -0.4 is 5.73 Å². The number of benzene rings is 1. The lowest BCUT2D eigenvalue weighted by Gasteiger charge is -2.17. The van der Waals surface area contributed by atoms with Crippen molar-refractivity contribution in [1.29, 1.82) is 0 Å². The number of hydrogen-bond donors (Lipinski definition) is 1. The van der Waals surface area contributed by atoms with Crippen LogP contribution in [0.25, 0.3) is 0 Å². The summed E-state index contributed by atoms with van der Waals surface area (Å²) in [6.07, 6.45) is 3.18. The van der Waals surface area contributed by atoms with E-state index < -0.39 is 0 Å². The molecule has 78 valence electrons. The molecule has 0 bridgehead atoms. The molecule has 2 unspecified atom stereocenters. The Morgan fingerprint density at radius 3 is 3.07 bits per heavy atom. The van der Waals surface area contributed by atoms with Crippen molar-refractivity contribution < 1.29 is 0 Å². The van der Waals surface area contributed by atoms with Crippen molar-refractivity contribution in [3.8, 4) is 11.8 Å². The SMILES string of the molecule is CC#CCC(N)C1CCc2ccccc21. The smallest absolute Gasteiger partial charge is 0.0247 e. The van der Waals surface area contributed by atoms with Crippen LogP contribution in [0.1, 0.15) is 36.8 Å². The molecule has 0 saturated heterocycles. The Labute approximate surface area is 91.7 Å². The predicted octanol–water partition coefficient (Wildman–Crippen LogP) is 2.46. The summed E-state index contributed by atoms with van der Waals surface area (Å²) in [6.45, 7) is 1.87. The largest absolute Gasteiger partial charge is 0.326 e. The topological polar surface area (TPSA) is 26.0 Å². The van der Waals surface area contributed by atoms with Crippen molar-refractivity contribution in [2.45, 2.75) is 38.1 Å². The predicted molar refractivity (Wildman–Crippen MR) is 63.5 cm³/mol. The van der Waals surface area contributed by atoms with Crippen molar-refractivity contribution in [1.82, 2.24) is 0 Å². The van der Waals surface area contributed by atoms with E-state index in [0.29, 0.717) is 5.92 Å². The first-order valence-electron chi connectivity index (χ1n) is 5.56. The van der Waals surface area contributed by atoms with Gasteiger partial charge in [0.2, 0.25) is 0 Å². The first kappa shape index (κ1) is 10.3. The Hall–Kier alpha value is -1.26. The zero-order chi connectivity index (χ0) is 10.7. The third kappa shape index (κ3) is 2.06. The molecule has 0 aliphatic heterocycles. The van der Waals surface area contributed by atoms with Crippen molar-refractivity contribution in [2.24, 2.45) is 5.73 Å². The minimum absolute atomic E-state index is 0.195. The first-order valence-corrected chi connectivity index (χ1v) is 5.56. The summed E-state index contributed by atoms with van der Waals surface area (Å²) < 4.78 is 0. The monoisotopic (exact) mass is 199 g/mol. The van der Waals surface area contributed by atoms with Crippen LogP contribution in [0.4, 0.5) is 0 Å². The number of nitrogens with two attached hydrogens (primary N) is 1. The summed E-state index contributed by atoms with van der Waals surface area (Å²) in [5.74, 6) is 6.51. The van der Waals surface area contributed by atoms with Gasteiger partial charge >= 0.3 is 0 Å². The lowest BCUT2D eigenvalue weighted by Crippen LogP contribution is -2.26. The molecule has 0 aromatic heterocycles. The van der Waals surface area contributed by atoms with E-state index in [1.54, 1.807) is 0 Å². The molecule has 1 heteroatoms. The summed E-state index contributed by atoms with van der Waals surface area (Å²) in [5.41, 5.74) is 9.10. The van der Waals surface area contributed by atoms with Crippen LogP contribution in [-0.2, 0) is 6.42 Å². The molecule has 2 rings (SSSR count). The third-order valence-electron chi connectivity index (χ3n) is 3.21. The molecule has 0 spiro atoms. The molecule has 0 heterocycles. The summed E-state index contributed by atoms with van der Waals surface area (Å²) in [7, 11) is 0. The van der Waals surface area contributed by atoms with E-state index in [-0.39, 0.29) is 6.04 Å². The average molecular weight is 199 g/mol. The second-order valence-electron chi connectivity index (χ2n) is 4.14. The molecule has 0 fully saturated rings. The highest BCUT2D eigenvalue weighted by molar-refractivity contribution is 5.36. The van der Waals surface area contributed by atoms with Crippen LogP contribution in [-0.4, -0.2) is 6.04 Å². The van der Waals surface area contributed by atoms with Gasteiger partial charge in [-0.15, -0.1) is 11.8 Å². The molecule has 0 amide bonds. The Kier molecular flexibility index (Phi) is 3.08. The fourth-order valence-corrected chi connectivity index (χ4v) is 2.40. The van der Waals surface area contributed by atoms with E-state index in [2.05, 4.69) is 36.1 Å². The molecule has 2 atom stereocenters. The van der Waals surface area contributed by atoms with Gasteiger partial charge in [-0.25, -0.2) is 0 Å². The highest BCUT2D eigenvalue weighted by Crippen LogP contribution is 2.35. The molecule has 1 aromatic carbocycles. The molecule has 1 aliphatic carbocycles. The molecule has 1 aliphatic rings. The van der Waals surface area contributed by atoms with E-state index in [1.807, 2.05) is 6.92 Å². The van der Waals surface area contributed by atoms with Gasteiger partial charge < -0.3 is 5.73 Å². The van der Waals surface area contributed by atoms with Gasteiger partial charge in [0, 0.05) is 18.4 Å². The van der Waals surface area contributed by atoms with E-state index >= 15 is 0 Å². The Balaban J connectivity index is 2.15. The van der Waals surface area contributed by atoms with Gasteiger partial charge in [-0.3, -0.25) is 0 Å². The summed E-state index contributed by atoms with van der Waals surface area (Å²) in [6, 6.07) is 8.84. The van der Waals surface area contributed by atoms with Crippen molar-refractivity contribution in [3.05, 3.63) is 35.4 Å². The molecule has 0 saturated carbocycles. The maximum absolute atomic E-state index is 6.18. The van der Waals surface area contributed by atoms with Crippen LogP contribution in [0.15, 0.2) is 24.3 Å². The zero-order valence-electron chi connectivity index (χ0n) is 9.16. The Bertz CT molecular complexity index is 397. The van der Waals surface area contributed by atoms with Crippen LogP contribution in [0.5, 0.6) is 0 Å². The second kappa shape index (κ2) is 4.51. The van der Waals surface area contributed by atoms with Crippen LogP contribution in [0, 0.1) is 11.8 Å². The van der Waals surface area contributed by atoms with E-state index in [1.165, 1.54) is 24.0 Å². The van der Waals surface area contributed by atoms with Crippen molar-refractivity contribution in [3.63, 3.8) is 0 Å². The molecule has 15 heavy (non-hydrogen) atoms. The molecular formula is C14H17N. The fraction of sp³-hybridized carbons (Fsp3) is 0.429. The van der Waals surface area contributed by atoms with Crippen LogP contribution in [0.2, 0.25) is 0 Å². The van der Waals surface area contributed by atoms with Crippen molar-refractivity contribution >= 4 is 0 Å². The quantitative estimate of drug-likeness (QED) is 0.727. The minimum atomic E-state index is 0.195. The van der Waals surface area contributed by atoms with E-state index in [9.17, 15) is 0 Å². The van der Waals surface area contributed by atoms with Gasteiger partial charge in [-0.05, 0) is 30.9 Å². The summed E-state index contributed by atoms with van der Waals surface area (Å²) in [5, 5.41) is 0.